The summed E-state index contributed by atoms with van der Waals surface area (Å²) < 4.78 is 29.0. The maximum Gasteiger partial charge on any atom is 0.336 e. The lowest BCUT2D eigenvalue weighted by Crippen LogP contribution is -2.08. The zero-order valence-electron chi connectivity index (χ0n) is 11.5. The van der Waals surface area contributed by atoms with Crippen LogP contribution in [0.15, 0.2) is 0 Å². The third-order valence-electron chi connectivity index (χ3n) is 1.77. The number of hydrogen-bond donors (Lipinski definition) is 0. The van der Waals surface area contributed by atoms with E-state index in [0.29, 0.717) is 12.3 Å². The Bertz CT molecular complexity index is 287. The first kappa shape index (κ1) is 17.8. The second kappa shape index (κ2) is 7.37. The standard InChI is InChI=1S/C10H24O4P2S/c1-7-15(11,12-9(3)4)14-16(17,8-2)13-10(5)6/h9-10H,7-8H2,1-6H3. The van der Waals surface area contributed by atoms with E-state index in [4.69, 9.17) is 25.2 Å². The fraction of sp³-hybridized carbons (Fsp3) is 1.00. The van der Waals surface area contributed by atoms with E-state index in [2.05, 4.69) is 0 Å². The van der Waals surface area contributed by atoms with Crippen molar-refractivity contribution in [2.75, 3.05) is 12.3 Å². The van der Waals surface area contributed by atoms with Crippen LogP contribution < -0.4 is 0 Å². The van der Waals surface area contributed by atoms with Gasteiger partial charge < -0.3 is 9.05 Å². The van der Waals surface area contributed by atoms with Crippen LogP contribution in [-0.4, -0.2) is 24.5 Å². The molecular formula is C10H24O4P2S. The van der Waals surface area contributed by atoms with Gasteiger partial charge in [-0.1, -0.05) is 13.8 Å². The molecule has 0 saturated carbocycles. The van der Waals surface area contributed by atoms with Gasteiger partial charge in [0, 0.05) is 12.3 Å². The SMILES string of the molecule is CCP(=O)(OC(C)C)OP(=S)(CC)OC(C)C. The maximum absolute atomic E-state index is 12.4. The predicted octanol–water partition coefficient (Wildman–Crippen LogP) is 4.40. The van der Waals surface area contributed by atoms with Gasteiger partial charge in [-0.05, 0) is 39.5 Å². The van der Waals surface area contributed by atoms with Gasteiger partial charge >= 0.3 is 7.60 Å². The summed E-state index contributed by atoms with van der Waals surface area (Å²) in [5.41, 5.74) is 0. The third-order valence-corrected chi connectivity index (χ3v) is 8.42. The quantitative estimate of drug-likeness (QED) is 0.622. The Hall–Kier alpha value is 0.760. The van der Waals surface area contributed by atoms with Crippen LogP contribution in [0.1, 0.15) is 41.5 Å². The predicted molar refractivity (Wildman–Crippen MR) is 76.5 cm³/mol. The number of rotatable bonds is 8. The Morgan fingerprint density at radius 2 is 1.47 bits per heavy atom. The van der Waals surface area contributed by atoms with Gasteiger partial charge in [0.05, 0.1) is 12.2 Å². The molecule has 4 nitrogen and oxygen atoms in total. The summed E-state index contributed by atoms with van der Waals surface area (Å²) in [6.45, 7) is 8.58. The molecule has 0 aromatic carbocycles. The highest BCUT2D eigenvalue weighted by atomic mass is 32.5. The van der Waals surface area contributed by atoms with Crippen LogP contribution in [0.3, 0.4) is 0 Å². The smallest absolute Gasteiger partial charge is 0.326 e. The molecule has 0 saturated heterocycles. The number of hydrogen-bond acceptors (Lipinski definition) is 5. The fourth-order valence-electron chi connectivity index (χ4n) is 1.13. The van der Waals surface area contributed by atoms with Crippen molar-refractivity contribution in [1.29, 1.82) is 0 Å². The molecule has 0 aromatic rings. The fourth-order valence-corrected chi connectivity index (χ4v) is 6.90. The lowest BCUT2D eigenvalue weighted by atomic mass is 10.5. The summed E-state index contributed by atoms with van der Waals surface area (Å²) in [7, 11) is -3.13. The van der Waals surface area contributed by atoms with Gasteiger partial charge in [-0.25, -0.2) is 0 Å². The van der Waals surface area contributed by atoms with Gasteiger partial charge in [0.2, 0.25) is 0 Å². The van der Waals surface area contributed by atoms with E-state index in [1.54, 1.807) is 6.92 Å². The molecule has 0 heterocycles. The molecule has 0 fully saturated rings. The Morgan fingerprint density at radius 1 is 1.00 bits per heavy atom. The second-order valence-corrected chi connectivity index (χ2v) is 10.7. The molecule has 0 aliphatic carbocycles. The Labute approximate surface area is 110 Å². The molecule has 0 aliphatic rings. The summed E-state index contributed by atoms with van der Waals surface area (Å²) in [6.07, 6.45) is 0.669. The van der Waals surface area contributed by atoms with Gasteiger partial charge in [0.25, 0.3) is 0 Å². The molecular weight excluding hydrogens is 278 g/mol. The molecule has 0 rings (SSSR count). The van der Waals surface area contributed by atoms with Crippen LogP contribution >= 0.6 is 14.1 Å². The van der Waals surface area contributed by atoms with Crippen molar-refractivity contribution in [3.05, 3.63) is 0 Å². The first-order valence-electron chi connectivity index (χ1n) is 5.92. The average molecular weight is 302 g/mol. The molecule has 2 atom stereocenters. The topological polar surface area (TPSA) is 44.8 Å². The van der Waals surface area contributed by atoms with E-state index in [9.17, 15) is 4.57 Å². The van der Waals surface area contributed by atoms with Crippen LogP contribution in [0.5, 0.6) is 0 Å². The van der Waals surface area contributed by atoms with Gasteiger partial charge in [0.15, 0.2) is 6.49 Å². The monoisotopic (exact) mass is 302 g/mol. The minimum atomic E-state index is -3.13. The van der Waals surface area contributed by atoms with Crippen LogP contribution in [-0.2, 0) is 29.7 Å². The summed E-state index contributed by atoms with van der Waals surface area (Å²) >= 11 is 5.36. The van der Waals surface area contributed by atoms with Crippen molar-refractivity contribution < 1.29 is 17.9 Å². The molecule has 0 radical (unpaired) electrons. The van der Waals surface area contributed by atoms with Crippen molar-refractivity contribution >= 4 is 25.9 Å². The maximum atomic E-state index is 12.4. The van der Waals surface area contributed by atoms with E-state index in [1.165, 1.54) is 0 Å². The summed E-state index contributed by atoms with van der Waals surface area (Å²) in [5.74, 6) is 0. The molecule has 104 valence electrons. The molecule has 17 heavy (non-hydrogen) atoms. The molecule has 7 heteroatoms. The molecule has 0 spiro atoms. The van der Waals surface area contributed by atoms with Crippen LogP contribution in [0.2, 0.25) is 0 Å². The molecule has 0 aliphatic heterocycles. The van der Waals surface area contributed by atoms with E-state index in [1.807, 2.05) is 34.6 Å². The van der Waals surface area contributed by atoms with Crippen molar-refractivity contribution in [3.8, 4) is 0 Å². The minimum absolute atomic E-state index is 0.0369. The molecule has 2 unspecified atom stereocenters. The zero-order valence-corrected chi connectivity index (χ0v) is 14.1. The van der Waals surface area contributed by atoms with E-state index >= 15 is 0 Å². The van der Waals surface area contributed by atoms with Crippen LogP contribution in [0, 0.1) is 0 Å². The second-order valence-electron chi connectivity index (χ2n) is 4.24. The highest BCUT2D eigenvalue weighted by molar-refractivity contribution is 8.11. The molecule has 0 amide bonds. The van der Waals surface area contributed by atoms with Gasteiger partial charge in [-0.15, -0.1) is 0 Å². The average Bonchev–Trinajstić information content (AvgIpc) is 2.15. The van der Waals surface area contributed by atoms with E-state index in [0.717, 1.165) is 0 Å². The van der Waals surface area contributed by atoms with Crippen LogP contribution in [0.25, 0.3) is 0 Å². The largest absolute Gasteiger partial charge is 0.336 e. The van der Waals surface area contributed by atoms with Crippen molar-refractivity contribution in [2.24, 2.45) is 0 Å². The van der Waals surface area contributed by atoms with Crippen molar-refractivity contribution in [1.82, 2.24) is 0 Å². The normalized spacial score (nSPS) is 19.3. The Morgan fingerprint density at radius 3 is 1.76 bits per heavy atom. The summed E-state index contributed by atoms with van der Waals surface area (Å²) in [4.78, 5) is 0. The van der Waals surface area contributed by atoms with E-state index in [-0.39, 0.29) is 12.2 Å². The zero-order chi connectivity index (χ0) is 13.7. The Kier molecular flexibility index (Phi) is 7.70. The Balaban J connectivity index is 4.84. The lowest BCUT2D eigenvalue weighted by Gasteiger charge is -2.28. The van der Waals surface area contributed by atoms with Crippen LogP contribution in [0.4, 0.5) is 0 Å². The van der Waals surface area contributed by atoms with Gasteiger partial charge in [-0.3, -0.25) is 8.88 Å². The molecule has 0 N–H and O–H groups in total. The first-order chi connectivity index (χ1) is 7.66. The first-order valence-corrected chi connectivity index (χ1v) is 10.5. The lowest BCUT2D eigenvalue weighted by molar-refractivity contribution is 0.194. The molecule has 0 bridgehead atoms. The van der Waals surface area contributed by atoms with E-state index < -0.39 is 14.1 Å². The summed E-state index contributed by atoms with van der Waals surface area (Å²) in [5, 5.41) is 0. The molecule has 0 aromatic heterocycles. The third kappa shape index (κ3) is 7.05. The van der Waals surface area contributed by atoms with Crippen molar-refractivity contribution in [3.63, 3.8) is 0 Å². The summed E-state index contributed by atoms with van der Waals surface area (Å²) in [6, 6.07) is 0. The van der Waals surface area contributed by atoms with Crippen molar-refractivity contribution in [2.45, 2.75) is 53.8 Å². The van der Waals surface area contributed by atoms with Gasteiger partial charge in [0.1, 0.15) is 0 Å². The highest BCUT2D eigenvalue weighted by Crippen LogP contribution is 2.65. The minimum Gasteiger partial charge on any atom is -0.326 e. The highest BCUT2D eigenvalue weighted by Gasteiger charge is 2.32. The van der Waals surface area contributed by atoms with Gasteiger partial charge in [-0.2, -0.15) is 0 Å².